The third-order valence-corrected chi connectivity index (χ3v) is 5.38. The van der Waals surface area contributed by atoms with Crippen LogP contribution in [0.4, 0.5) is 4.79 Å². The normalized spacial score (nSPS) is 14.5. The molecule has 4 nitrogen and oxygen atoms in total. The molecule has 0 unspecified atom stereocenters. The van der Waals surface area contributed by atoms with Gasteiger partial charge in [0.25, 0.3) is 0 Å². The molecule has 0 radical (unpaired) electrons. The zero-order valence-electron chi connectivity index (χ0n) is 14.0. The molecule has 1 aromatic heterocycles. The highest BCUT2D eigenvalue weighted by Crippen LogP contribution is 2.24. The van der Waals surface area contributed by atoms with Gasteiger partial charge < -0.3 is 15.4 Å². The van der Waals surface area contributed by atoms with Crippen molar-refractivity contribution in [3.05, 3.63) is 51.7 Å². The number of hydrogen-bond donors (Lipinski definition) is 2. The fraction of sp³-hybridized carbons (Fsp3) is 0.421. The summed E-state index contributed by atoms with van der Waals surface area (Å²) in [5.74, 6) is 0.920. The second kappa shape index (κ2) is 8.20. The van der Waals surface area contributed by atoms with Crippen molar-refractivity contribution in [3.8, 4) is 5.75 Å². The van der Waals surface area contributed by atoms with Gasteiger partial charge in [-0.05, 0) is 67.3 Å². The monoisotopic (exact) mass is 344 g/mol. The summed E-state index contributed by atoms with van der Waals surface area (Å²) in [5, 5.41) is 7.82. The lowest BCUT2D eigenvalue weighted by Gasteiger charge is -2.13. The molecule has 1 aromatic carbocycles. The highest BCUT2D eigenvalue weighted by atomic mass is 32.1. The third-order valence-electron chi connectivity index (χ3n) is 4.36. The van der Waals surface area contributed by atoms with Gasteiger partial charge >= 0.3 is 6.03 Å². The number of thiophene rings is 1. The molecule has 0 bridgehead atoms. The summed E-state index contributed by atoms with van der Waals surface area (Å²) < 4.78 is 5.95. The Kier molecular flexibility index (Phi) is 5.75. The fourth-order valence-corrected chi connectivity index (χ4v) is 3.72. The molecule has 2 N–H and O–H groups in total. The molecule has 5 heteroatoms. The SMILES string of the molecule is Cc1ccsc1CNC(=O)NCc1ccc(OC2CCCC2)cc1. The van der Waals surface area contributed by atoms with Gasteiger partial charge in [-0.15, -0.1) is 11.3 Å². The lowest BCUT2D eigenvalue weighted by Crippen LogP contribution is -2.34. The van der Waals surface area contributed by atoms with Crippen molar-refractivity contribution in [1.29, 1.82) is 0 Å². The predicted octanol–water partition coefficient (Wildman–Crippen LogP) is 4.38. The largest absolute Gasteiger partial charge is 0.490 e. The van der Waals surface area contributed by atoms with Crippen LogP contribution in [0, 0.1) is 6.92 Å². The van der Waals surface area contributed by atoms with Crippen LogP contribution in [0.2, 0.25) is 0 Å². The molecular formula is C19H24N2O2S. The average Bonchev–Trinajstić information content (AvgIpc) is 3.24. The highest BCUT2D eigenvalue weighted by Gasteiger charge is 2.16. The van der Waals surface area contributed by atoms with E-state index in [0.717, 1.165) is 24.2 Å². The molecule has 0 spiro atoms. The van der Waals surface area contributed by atoms with Crippen LogP contribution in [0.25, 0.3) is 0 Å². The molecule has 0 atom stereocenters. The zero-order chi connectivity index (χ0) is 16.8. The number of aryl methyl sites for hydroxylation is 1. The first-order chi connectivity index (χ1) is 11.7. The standard InChI is InChI=1S/C19H24N2O2S/c1-14-10-11-24-18(14)13-21-19(22)20-12-15-6-8-17(9-7-15)23-16-4-2-3-5-16/h6-11,16H,2-5,12-13H2,1H3,(H2,20,21,22). The van der Waals surface area contributed by atoms with Gasteiger partial charge in [0.05, 0.1) is 12.6 Å². The van der Waals surface area contributed by atoms with E-state index < -0.39 is 0 Å². The first-order valence-electron chi connectivity index (χ1n) is 8.51. The van der Waals surface area contributed by atoms with Gasteiger partial charge in [-0.25, -0.2) is 4.79 Å². The number of carbonyl (C=O) groups is 1. The molecule has 1 saturated carbocycles. The van der Waals surface area contributed by atoms with E-state index in [4.69, 9.17) is 4.74 Å². The van der Waals surface area contributed by atoms with Crippen molar-refractivity contribution in [2.45, 2.75) is 51.8 Å². The van der Waals surface area contributed by atoms with Gasteiger partial charge in [0.2, 0.25) is 0 Å². The predicted molar refractivity (Wildman–Crippen MR) is 97.5 cm³/mol. The van der Waals surface area contributed by atoms with Crippen molar-refractivity contribution < 1.29 is 9.53 Å². The van der Waals surface area contributed by atoms with Crippen LogP contribution in [0.3, 0.4) is 0 Å². The van der Waals surface area contributed by atoms with Gasteiger partial charge in [-0.1, -0.05) is 12.1 Å². The van der Waals surface area contributed by atoms with Crippen LogP contribution in [-0.4, -0.2) is 12.1 Å². The molecule has 128 valence electrons. The molecule has 2 aromatic rings. The fourth-order valence-electron chi connectivity index (χ4n) is 2.88. The molecule has 0 aliphatic heterocycles. The Labute approximate surface area is 147 Å². The maximum atomic E-state index is 11.9. The van der Waals surface area contributed by atoms with Crippen molar-refractivity contribution in [2.24, 2.45) is 0 Å². The lowest BCUT2D eigenvalue weighted by atomic mass is 10.2. The number of nitrogens with one attached hydrogen (secondary N) is 2. The van der Waals surface area contributed by atoms with Gasteiger partial charge in [0.15, 0.2) is 0 Å². The van der Waals surface area contributed by atoms with Crippen molar-refractivity contribution in [3.63, 3.8) is 0 Å². The van der Waals surface area contributed by atoms with Gasteiger partial charge in [-0.3, -0.25) is 0 Å². The Balaban J connectivity index is 1.40. The molecule has 1 heterocycles. The second-order valence-corrected chi connectivity index (χ2v) is 7.23. The number of rotatable bonds is 6. The van der Waals surface area contributed by atoms with Gasteiger partial charge in [0.1, 0.15) is 5.75 Å². The summed E-state index contributed by atoms with van der Waals surface area (Å²) in [5.41, 5.74) is 2.29. The molecular weight excluding hydrogens is 320 g/mol. The lowest BCUT2D eigenvalue weighted by molar-refractivity contribution is 0.210. The summed E-state index contributed by atoms with van der Waals surface area (Å²) in [6.07, 6.45) is 5.24. The number of hydrogen-bond acceptors (Lipinski definition) is 3. The van der Waals surface area contributed by atoms with E-state index >= 15 is 0 Å². The molecule has 1 aliphatic rings. The van der Waals surface area contributed by atoms with Crippen LogP contribution in [0.15, 0.2) is 35.7 Å². The van der Waals surface area contributed by atoms with Crippen LogP contribution in [0.5, 0.6) is 5.75 Å². The molecule has 0 saturated heterocycles. The summed E-state index contributed by atoms with van der Waals surface area (Å²) in [4.78, 5) is 13.1. The van der Waals surface area contributed by atoms with Crippen LogP contribution >= 0.6 is 11.3 Å². The smallest absolute Gasteiger partial charge is 0.315 e. The number of carbonyl (C=O) groups excluding carboxylic acids is 1. The minimum absolute atomic E-state index is 0.144. The molecule has 24 heavy (non-hydrogen) atoms. The maximum absolute atomic E-state index is 11.9. The topological polar surface area (TPSA) is 50.4 Å². The maximum Gasteiger partial charge on any atom is 0.315 e. The zero-order valence-corrected chi connectivity index (χ0v) is 14.8. The van der Waals surface area contributed by atoms with E-state index in [2.05, 4.69) is 23.6 Å². The third kappa shape index (κ3) is 4.74. The van der Waals surface area contributed by atoms with Crippen LogP contribution in [-0.2, 0) is 13.1 Å². The van der Waals surface area contributed by atoms with Crippen molar-refractivity contribution in [1.82, 2.24) is 10.6 Å². The van der Waals surface area contributed by atoms with E-state index in [0.29, 0.717) is 19.2 Å². The number of urea groups is 1. The Morgan fingerprint density at radius 1 is 1.12 bits per heavy atom. The van der Waals surface area contributed by atoms with Gasteiger partial charge in [0, 0.05) is 11.4 Å². The summed E-state index contributed by atoms with van der Waals surface area (Å²) in [6, 6.07) is 9.91. The second-order valence-electron chi connectivity index (χ2n) is 6.23. The number of amides is 2. The van der Waals surface area contributed by atoms with Crippen LogP contribution in [0.1, 0.15) is 41.7 Å². The Bertz CT molecular complexity index is 660. The Hall–Kier alpha value is -2.01. The Morgan fingerprint density at radius 2 is 1.83 bits per heavy atom. The Morgan fingerprint density at radius 3 is 2.50 bits per heavy atom. The quantitative estimate of drug-likeness (QED) is 0.817. The number of ether oxygens (including phenoxy) is 1. The molecule has 3 rings (SSSR count). The molecule has 2 amide bonds. The summed E-state index contributed by atoms with van der Waals surface area (Å²) >= 11 is 1.66. The first-order valence-corrected chi connectivity index (χ1v) is 9.39. The van der Waals surface area contributed by atoms with Crippen molar-refractivity contribution >= 4 is 17.4 Å². The summed E-state index contributed by atoms with van der Waals surface area (Å²) in [7, 11) is 0. The minimum atomic E-state index is -0.144. The van der Waals surface area contributed by atoms with E-state index in [1.54, 1.807) is 11.3 Å². The minimum Gasteiger partial charge on any atom is -0.490 e. The van der Waals surface area contributed by atoms with E-state index in [-0.39, 0.29) is 6.03 Å². The first kappa shape index (κ1) is 16.8. The highest BCUT2D eigenvalue weighted by molar-refractivity contribution is 7.10. The van der Waals surface area contributed by atoms with E-state index in [1.165, 1.54) is 23.3 Å². The van der Waals surface area contributed by atoms with Gasteiger partial charge in [-0.2, -0.15) is 0 Å². The number of benzene rings is 1. The average molecular weight is 344 g/mol. The van der Waals surface area contributed by atoms with E-state index in [9.17, 15) is 4.79 Å². The molecule has 1 aliphatic carbocycles. The van der Waals surface area contributed by atoms with E-state index in [1.807, 2.05) is 29.6 Å². The summed E-state index contributed by atoms with van der Waals surface area (Å²) in [6.45, 7) is 3.14. The van der Waals surface area contributed by atoms with Crippen molar-refractivity contribution in [2.75, 3.05) is 0 Å². The van der Waals surface area contributed by atoms with Crippen LogP contribution < -0.4 is 15.4 Å². The molecule has 1 fully saturated rings.